The zero-order chi connectivity index (χ0) is 17.3. The molecule has 1 unspecified atom stereocenters. The van der Waals surface area contributed by atoms with E-state index in [0.29, 0.717) is 17.0 Å². The molecule has 0 saturated carbocycles. The van der Waals surface area contributed by atoms with Gasteiger partial charge in [0.15, 0.2) is 5.78 Å². The number of Topliss-reactive ketones (excluding diaryl/α,β-unsaturated/α-hetero) is 1. The highest BCUT2D eigenvalue weighted by Gasteiger charge is 2.24. The molecule has 1 aromatic carbocycles. The fraction of sp³-hybridized carbons (Fsp3) is 0.588. The van der Waals surface area contributed by atoms with E-state index in [9.17, 15) is 13.2 Å². The van der Waals surface area contributed by atoms with Gasteiger partial charge in [0.05, 0.1) is 6.26 Å². The molecule has 0 amide bonds. The number of ketones is 1. The van der Waals surface area contributed by atoms with Crippen molar-refractivity contribution in [2.45, 2.75) is 58.0 Å². The second-order valence-electron chi connectivity index (χ2n) is 5.72. The Hall–Kier alpha value is -0.910. The summed E-state index contributed by atoms with van der Waals surface area (Å²) in [7, 11) is -3.68. The number of carbonyl (C=O) groups is 1. The maximum absolute atomic E-state index is 12.5. The molecule has 0 heterocycles. The lowest BCUT2D eigenvalue weighted by molar-refractivity contribution is 0.0785. The first kappa shape index (κ1) is 20.1. The predicted octanol–water partition coefficient (Wildman–Crippen LogP) is 4.62. The Bertz CT molecular complexity index is 581. The molecular formula is C17H25ClO4S. The molecule has 23 heavy (non-hydrogen) atoms. The molecule has 0 aromatic heterocycles. The maximum Gasteiger partial charge on any atom is 0.265 e. The van der Waals surface area contributed by atoms with E-state index >= 15 is 0 Å². The van der Waals surface area contributed by atoms with E-state index in [1.165, 1.54) is 19.3 Å². The lowest BCUT2D eigenvalue weighted by atomic mass is 10.0. The molecule has 130 valence electrons. The number of unbranched alkanes of at least 4 members (excludes halogenated alkanes) is 5. The highest BCUT2D eigenvalue weighted by atomic mass is 35.5. The summed E-state index contributed by atoms with van der Waals surface area (Å²) in [4.78, 5) is 12.5. The molecule has 0 radical (unpaired) electrons. The van der Waals surface area contributed by atoms with Crippen molar-refractivity contribution in [3.05, 3.63) is 34.9 Å². The van der Waals surface area contributed by atoms with Crippen molar-refractivity contribution in [1.82, 2.24) is 0 Å². The van der Waals surface area contributed by atoms with Crippen LogP contribution in [0.15, 0.2) is 24.3 Å². The Labute approximate surface area is 144 Å². The summed E-state index contributed by atoms with van der Waals surface area (Å²) >= 11 is 5.81. The third-order valence-corrected chi connectivity index (χ3v) is 4.37. The molecule has 4 nitrogen and oxygen atoms in total. The third kappa shape index (κ3) is 8.49. The summed E-state index contributed by atoms with van der Waals surface area (Å²) in [5, 5.41) is 0.526. The normalized spacial score (nSPS) is 13.0. The van der Waals surface area contributed by atoms with Crippen LogP contribution >= 0.6 is 11.6 Å². The van der Waals surface area contributed by atoms with Gasteiger partial charge in [-0.05, 0) is 30.7 Å². The van der Waals surface area contributed by atoms with Crippen molar-refractivity contribution in [3.63, 3.8) is 0 Å². The molecule has 0 saturated heterocycles. The Morgan fingerprint density at radius 3 is 2.22 bits per heavy atom. The van der Waals surface area contributed by atoms with Crippen LogP contribution in [0.1, 0.15) is 62.2 Å². The smallest absolute Gasteiger partial charge is 0.265 e. The quantitative estimate of drug-likeness (QED) is 0.328. The standard InChI is InChI=1S/C17H25ClO4S/c1-3-4-5-6-7-8-9-16(22-23(2,20)21)17(19)14-10-12-15(18)13-11-14/h10-13,16H,3-9H2,1-2H3. The molecule has 0 N–H and O–H groups in total. The van der Waals surface area contributed by atoms with Crippen LogP contribution in [0, 0.1) is 0 Å². The van der Waals surface area contributed by atoms with E-state index in [1.807, 2.05) is 0 Å². The van der Waals surface area contributed by atoms with E-state index < -0.39 is 16.2 Å². The van der Waals surface area contributed by atoms with Gasteiger partial charge in [-0.25, -0.2) is 0 Å². The van der Waals surface area contributed by atoms with Crippen molar-refractivity contribution in [2.75, 3.05) is 6.26 Å². The van der Waals surface area contributed by atoms with Crippen LogP contribution in [-0.4, -0.2) is 26.6 Å². The van der Waals surface area contributed by atoms with Gasteiger partial charge in [-0.15, -0.1) is 0 Å². The third-order valence-electron chi connectivity index (χ3n) is 3.53. The van der Waals surface area contributed by atoms with Crippen molar-refractivity contribution >= 4 is 27.5 Å². The Morgan fingerprint density at radius 1 is 1.09 bits per heavy atom. The van der Waals surface area contributed by atoms with Gasteiger partial charge >= 0.3 is 0 Å². The van der Waals surface area contributed by atoms with Gasteiger partial charge < -0.3 is 0 Å². The molecule has 1 atom stereocenters. The average Bonchev–Trinajstić information content (AvgIpc) is 2.48. The molecule has 0 aliphatic heterocycles. The molecule has 0 aliphatic carbocycles. The summed E-state index contributed by atoms with van der Waals surface area (Å²) in [6.07, 6.45) is 6.78. The van der Waals surface area contributed by atoms with Gasteiger partial charge in [-0.1, -0.05) is 57.0 Å². The second-order valence-corrected chi connectivity index (χ2v) is 7.75. The number of halogens is 1. The minimum Gasteiger partial charge on any atom is -0.291 e. The van der Waals surface area contributed by atoms with Crippen molar-refractivity contribution < 1.29 is 17.4 Å². The summed E-state index contributed by atoms with van der Waals surface area (Å²) in [5.74, 6) is -0.319. The van der Waals surface area contributed by atoms with Crippen LogP contribution < -0.4 is 0 Å². The van der Waals surface area contributed by atoms with Crippen LogP contribution in [0.25, 0.3) is 0 Å². The molecule has 1 rings (SSSR count). The van der Waals surface area contributed by atoms with Crippen LogP contribution in [0.2, 0.25) is 5.02 Å². The summed E-state index contributed by atoms with van der Waals surface area (Å²) in [6, 6.07) is 6.39. The van der Waals surface area contributed by atoms with Crippen LogP contribution in [0.4, 0.5) is 0 Å². The highest BCUT2D eigenvalue weighted by Crippen LogP contribution is 2.18. The molecule has 0 aliphatic rings. The van der Waals surface area contributed by atoms with Crippen LogP contribution in [-0.2, 0) is 14.3 Å². The van der Waals surface area contributed by atoms with Gasteiger partial charge in [-0.3, -0.25) is 8.98 Å². The minimum absolute atomic E-state index is 0.319. The van der Waals surface area contributed by atoms with E-state index in [1.54, 1.807) is 24.3 Å². The second kappa shape index (κ2) is 10.1. The fourth-order valence-corrected chi connectivity index (χ4v) is 3.08. The topological polar surface area (TPSA) is 60.4 Å². The summed E-state index contributed by atoms with van der Waals surface area (Å²) in [6.45, 7) is 2.15. The first-order chi connectivity index (χ1) is 10.8. The molecule has 6 heteroatoms. The number of hydrogen-bond acceptors (Lipinski definition) is 4. The van der Waals surface area contributed by atoms with Crippen molar-refractivity contribution in [1.29, 1.82) is 0 Å². The molecule has 0 spiro atoms. The van der Waals surface area contributed by atoms with Crippen LogP contribution in [0.5, 0.6) is 0 Å². The van der Waals surface area contributed by atoms with Gasteiger partial charge in [0.1, 0.15) is 6.10 Å². The molecular weight excluding hydrogens is 336 g/mol. The van der Waals surface area contributed by atoms with Gasteiger partial charge in [0.25, 0.3) is 10.1 Å². The lowest BCUT2D eigenvalue weighted by Crippen LogP contribution is -2.27. The van der Waals surface area contributed by atoms with Gasteiger partial charge in [0, 0.05) is 10.6 Å². The predicted molar refractivity (Wildman–Crippen MR) is 93.5 cm³/mol. The SMILES string of the molecule is CCCCCCCCC(OS(C)(=O)=O)C(=O)c1ccc(Cl)cc1. The first-order valence-corrected chi connectivity index (χ1v) is 10.2. The maximum atomic E-state index is 12.5. The molecule has 1 aromatic rings. The molecule has 0 bridgehead atoms. The zero-order valence-electron chi connectivity index (χ0n) is 13.8. The van der Waals surface area contributed by atoms with E-state index in [-0.39, 0.29) is 5.78 Å². The first-order valence-electron chi connectivity index (χ1n) is 8.01. The van der Waals surface area contributed by atoms with Crippen molar-refractivity contribution in [2.24, 2.45) is 0 Å². The average molecular weight is 361 g/mol. The minimum atomic E-state index is -3.68. The number of rotatable bonds is 11. The van der Waals surface area contributed by atoms with Crippen molar-refractivity contribution in [3.8, 4) is 0 Å². The zero-order valence-corrected chi connectivity index (χ0v) is 15.3. The monoisotopic (exact) mass is 360 g/mol. The van der Waals surface area contributed by atoms with Gasteiger partial charge in [-0.2, -0.15) is 8.42 Å². The van der Waals surface area contributed by atoms with Gasteiger partial charge in [0.2, 0.25) is 0 Å². The summed E-state index contributed by atoms with van der Waals surface area (Å²) in [5.41, 5.74) is 0.411. The Kier molecular flexibility index (Phi) is 8.81. The summed E-state index contributed by atoms with van der Waals surface area (Å²) < 4.78 is 27.8. The largest absolute Gasteiger partial charge is 0.291 e. The van der Waals surface area contributed by atoms with E-state index in [0.717, 1.165) is 25.5 Å². The number of carbonyl (C=O) groups excluding carboxylic acids is 1. The highest BCUT2D eigenvalue weighted by molar-refractivity contribution is 7.86. The molecule has 0 fully saturated rings. The number of benzene rings is 1. The Balaban J connectivity index is 2.64. The van der Waals surface area contributed by atoms with Crippen LogP contribution in [0.3, 0.4) is 0 Å². The number of hydrogen-bond donors (Lipinski definition) is 0. The fourth-order valence-electron chi connectivity index (χ4n) is 2.34. The van der Waals surface area contributed by atoms with E-state index in [2.05, 4.69) is 6.92 Å². The lowest BCUT2D eigenvalue weighted by Gasteiger charge is -2.15. The van der Waals surface area contributed by atoms with E-state index in [4.69, 9.17) is 15.8 Å². The Morgan fingerprint density at radius 2 is 1.65 bits per heavy atom.